The summed E-state index contributed by atoms with van der Waals surface area (Å²) in [6, 6.07) is 13.6. The average Bonchev–Trinajstić information content (AvgIpc) is 2.51. The van der Waals surface area contributed by atoms with Gasteiger partial charge in [-0.1, -0.05) is 35.9 Å². The Bertz CT molecular complexity index is 931. The highest BCUT2D eigenvalue weighted by Crippen LogP contribution is 2.21. The van der Waals surface area contributed by atoms with Gasteiger partial charge in [0.15, 0.2) is 0 Å². The molecule has 1 aromatic heterocycles. The molecule has 110 valence electrons. The van der Waals surface area contributed by atoms with Crippen molar-refractivity contribution in [3.05, 3.63) is 75.7 Å². The van der Waals surface area contributed by atoms with Gasteiger partial charge in [0.05, 0.1) is 5.56 Å². The van der Waals surface area contributed by atoms with E-state index in [1.54, 1.807) is 55.6 Å². The molecule has 2 aromatic carbocycles. The number of hydrogen-bond donors (Lipinski definition) is 0. The molecule has 0 bridgehead atoms. The van der Waals surface area contributed by atoms with Crippen LogP contribution in [0.4, 0.5) is 0 Å². The van der Waals surface area contributed by atoms with Crippen LogP contribution in [0.3, 0.4) is 0 Å². The van der Waals surface area contributed by atoms with Crippen molar-refractivity contribution in [3.63, 3.8) is 0 Å². The Kier molecular flexibility index (Phi) is 3.69. The number of fused-ring (bicyclic) bond motifs is 1. The normalized spacial score (nSPS) is 10.6. The first kappa shape index (κ1) is 14.4. The summed E-state index contributed by atoms with van der Waals surface area (Å²) in [4.78, 5) is 24.5. The number of benzene rings is 2. The minimum Gasteiger partial charge on any atom is -0.423 e. The molecule has 0 unspecified atom stereocenters. The molecule has 0 amide bonds. The molecule has 0 aliphatic carbocycles. The second-order valence-corrected chi connectivity index (χ2v) is 5.29. The number of esters is 1. The Balaban J connectivity index is 2.08. The zero-order valence-electron chi connectivity index (χ0n) is 11.7. The Hall–Kier alpha value is -2.59. The molecular weight excluding hydrogens is 302 g/mol. The summed E-state index contributed by atoms with van der Waals surface area (Å²) in [7, 11) is 1.60. The number of ether oxygens (including phenoxy) is 1. The molecule has 0 saturated heterocycles. The molecule has 0 atom stereocenters. The van der Waals surface area contributed by atoms with Crippen molar-refractivity contribution in [1.82, 2.24) is 4.57 Å². The number of pyridine rings is 1. The van der Waals surface area contributed by atoms with Crippen LogP contribution >= 0.6 is 11.6 Å². The molecule has 0 N–H and O–H groups in total. The van der Waals surface area contributed by atoms with E-state index in [9.17, 15) is 9.59 Å². The molecule has 3 rings (SSSR count). The van der Waals surface area contributed by atoms with Gasteiger partial charge in [0, 0.05) is 29.0 Å². The second-order valence-electron chi connectivity index (χ2n) is 4.85. The van der Waals surface area contributed by atoms with Gasteiger partial charge in [-0.05, 0) is 24.3 Å². The van der Waals surface area contributed by atoms with E-state index in [2.05, 4.69) is 0 Å². The lowest BCUT2D eigenvalue weighted by atomic mass is 10.1. The van der Waals surface area contributed by atoms with Gasteiger partial charge in [-0.2, -0.15) is 0 Å². The van der Waals surface area contributed by atoms with Gasteiger partial charge >= 0.3 is 5.97 Å². The molecule has 0 aliphatic rings. The van der Waals surface area contributed by atoms with Crippen molar-refractivity contribution >= 4 is 28.3 Å². The predicted molar refractivity (Wildman–Crippen MR) is 85.6 cm³/mol. The third kappa shape index (κ3) is 2.61. The maximum Gasteiger partial charge on any atom is 0.345 e. The van der Waals surface area contributed by atoms with Crippen molar-refractivity contribution < 1.29 is 9.53 Å². The zero-order chi connectivity index (χ0) is 15.7. The van der Waals surface area contributed by atoms with Crippen molar-refractivity contribution in [3.8, 4) is 5.75 Å². The fourth-order valence-corrected chi connectivity index (χ4v) is 2.45. The van der Waals surface area contributed by atoms with Crippen molar-refractivity contribution in [2.75, 3.05) is 0 Å². The fraction of sp³-hybridized carbons (Fsp3) is 0.0588. The van der Waals surface area contributed by atoms with Crippen molar-refractivity contribution in [1.29, 1.82) is 0 Å². The largest absolute Gasteiger partial charge is 0.423 e. The first-order valence-corrected chi connectivity index (χ1v) is 7.00. The minimum atomic E-state index is -0.533. The van der Waals surface area contributed by atoms with Gasteiger partial charge in [-0.15, -0.1) is 0 Å². The van der Waals surface area contributed by atoms with Gasteiger partial charge in [0.2, 0.25) is 0 Å². The van der Waals surface area contributed by atoms with Crippen LogP contribution in [0.15, 0.2) is 59.5 Å². The molecule has 0 spiro atoms. The molecule has 0 aliphatic heterocycles. The molecular formula is C17H12ClNO3. The first-order valence-electron chi connectivity index (χ1n) is 6.62. The predicted octanol–water partition coefficient (Wildman–Crippen LogP) is 3.41. The molecule has 0 fully saturated rings. The lowest BCUT2D eigenvalue weighted by Crippen LogP contribution is -2.20. The lowest BCUT2D eigenvalue weighted by molar-refractivity contribution is 0.0736. The van der Waals surface area contributed by atoms with Crippen LogP contribution in [0.5, 0.6) is 5.75 Å². The Morgan fingerprint density at radius 2 is 1.82 bits per heavy atom. The monoisotopic (exact) mass is 313 g/mol. The fourth-order valence-electron chi connectivity index (χ4n) is 2.27. The van der Waals surface area contributed by atoms with Gasteiger partial charge in [-0.25, -0.2) is 4.79 Å². The summed E-state index contributed by atoms with van der Waals surface area (Å²) >= 11 is 5.88. The van der Waals surface area contributed by atoms with Crippen molar-refractivity contribution in [2.24, 2.45) is 7.05 Å². The summed E-state index contributed by atoms with van der Waals surface area (Å²) in [6.45, 7) is 0. The highest BCUT2D eigenvalue weighted by molar-refractivity contribution is 6.30. The van der Waals surface area contributed by atoms with Crippen LogP contribution in [0.1, 0.15) is 10.4 Å². The highest BCUT2D eigenvalue weighted by Gasteiger charge is 2.15. The van der Waals surface area contributed by atoms with Crippen molar-refractivity contribution in [2.45, 2.75) is 0 Å². The van der Waals surface area contributed by atoms with Gasteiger partial charge in [0.1, 0.15) is 5.75 Å². The number of hydrogen-bond acceptors (Lipinski definition) is 3. The van der Waals surface area contributed by atoms with E-state index in [1.807, 2.05) is 0 Å². The molecule has 3 aromatic rings. The third-order valence-corrected chi connectivity index (χ3v) is 3.55. The van der Waals surface area contributed by atoms with Crippen LogP contribution in [-0.2, 0) is 7.05 Å². The van der Waals surface area contributed by atoms with Crippen LogP contribution in [-0.4, -0.2) is 10.5 Å². The molecule has 22 heavy (non-hydrogen) atoms. The number of carbonyl (C=O) groups is 1. The summed E-state index contributed by atoms with van der Waals surface area (Å²) in [5.41, 5.74) is 0.174. The molecule has 0 saturated carbocycles. The summed E-state index contributed by atoms with van der Waals surface area (Å²) in [5.74, 6) is -0.176. The van der Waals surface area contributed by atoms with Crippen LogP contribution in [0, 0.1) is 0 Å². The Labute approximate surface area is 131 Å². The van der Waals surface area contributed by atoms with E-state index in [0.717, 1.165) is 0 Å². The van der Waals surface area contributed by atoms with E-state index >= 15 is 0 Å². The topological polar surface area (TPSA) is 48.3 Å². The quantitative estimate of drug-likeness (QED) is 0.538. The highest BCUT2D eigenvalue weighted by atomic mass is 35.5. The average molecular weight is 314 g/mol. The zero-order valence-corrected chi connectivity index (χ0v) is 12.5. The van der Waals surface area contributed by atoms with Gasteiger partial charge < -0.3 is 9.30 Å². The second kappa shape index (κ2) is 5.66. The number of rotatable bonds is 2. The van der Waals surface area contributed by atoms with Gasteiger partial charge in [-0.3, -0.25) is 4.79 Å². The van der Waals surface area contributed by atoms with E-state index < -0.39 is 5.97 Å². The third-order valence-electron chi connectivity index (χ3n) is 3.32. The Morgan fingerprint density at radius 3 is 2.55 bits per heavy atom. The number of halogens is 1. The molecule has 5 heteroatoms. The van der Waals surface area contributed by atoms with Crippen LogP contribution in [0.2, 0.25) is 5.02 Å². The van der Waals surface area contributed by atoms with Gasteiger partial charge in [0.25, 0.3) is 5.56 Å². The van der Waals surface area contributed by atoms with E-state index in [-0.39, 0.29) is 5.56 Å². The lowest BCUT2D eigenvalue weighted by Gasteiger charge is -2.09. The standard InChI is InChI=1S/C17H12ClNO3/c1-19-10-15(13-7-2-3-8-14(13)16(19)20)17(21)22-12-6-4-5-11(18)9-12/h2-10H,1H3. The smallest absolute Gasteiger partial charge is 0.345 e. The van der Waals surface area contributed by atoms with E-state index in [4.69, 9.17) is 16.3 Å². The molecule has 4 nitrogen and oxygen atoms in total. The number of aromatic nitrogens is 1. The summed E-state index contributed by atoms with van der Waals surface area (Å²) in [6.07, 6.45) is 1.48. The molecule has 1 heterocycles. The summed E-state index contributed by atoms with van der Waals surface area (Å²) in [5, 5.41) is 1.53. The number of nitrogens with zero attached hydrogens (tertiary/aromatic N) is 1. The number of aryl methyl sites for hydroxylation is 1. The first-order chi connectivity index (χ1) is 10.6. The van der Waals surface area contributed by atoms with Crippen LogP contribution in [0.25, 0.3) is 10.8 Å². The number of carbonyl (C=O) groups excluding carboxylic acids is 1. The SMILES string of the molecule is Cn1cc(C(=O)Oc2cccc(Cl)c2)c2ccccc2c1=O. The minimum absolute atomic E-state index is 0.157. The maximum absolute atomic E-state index is 12.4. The van der Waals surface area contributed by atoms with E-state index in [0.29, 0.717) is 27.1 Å². The summed E-state index contributed by atoms with van der Waals surface area (Å²) < 4.78 is 6.72. The van der Waals surface area contributed by atoms with Crippen LogP contribution < -0.4 is 10.3 Å². The molecule has 0 radical (unpaired) electrons. The maximum atomic E-state index is 12.4. The van der Waals surface area contributed by atoms with E-state index in [1.165, 1.54) is 10.8 Å². The Morgan fingerprint density at radius 1 is 1.09 bits per heavy atom.